The monoisotopic (exact) mass is 391 g/mol. The van der Waals surface area contributed by atoms with Crippen molar-refractivity contribution in [2.45, 2.75) is 39.0 Å². The van der Waals surface area contributed by atoms with Gasteiger partial charge in [0.25, 0.3) is 5.91 Å². The molecule has 3 rings (SSSR count). The van der Waals surface area contributed by atoms with E-state index in [0.717, 1.165) is 36.1 Å². The highest BCUT2D eigenvalue weighted by Crippen LogP contribution is 2.38. The summed E-state index contributed by atoms with van der Waals surface area (Å²) in [6.45, 7) is 2.22. The van der Waals surface area contributed by atoms with Crippen LogP contribution in [0.5, 0.6) is 0 Å². The smallest absolute Gasteiger partial charge is 0.357 e. The summed E-state index contributed by atoms with van der Waals surface area (Å²) in [6.07, 6.45) is 5.70. The maximum Gasteiger partial charge on any atom is 0.357 e. The molecule has 1 aliphatic rings. The van der Waals surface area contributed by atoms with Crippen LogP contribution in [-0.4, -0.2) is 39.3 Å². The van der Waals surface area contributed by atoms with E-state index in [1.165, 1.54) is 22.2 Å². The van der Waals surface area contributed by atoms with Crippen LogP contribution in [0.15, 0.2) is 6.20 Å². The van der Waals surface area contributed by atoms with Crippen molar-refractivity contribution in [3.63, 3.8) is 0 Å². The van der Waals surface area contributed by atoms with Crippen LogP contribution in [0.4, 0.5) is 5.00 Å². The van der Waals surface area contributed by atoms with Crippen molar-refractivity contribution >= 4 is 34.2 Å². The maximum atomic E-state index is 12.7. The molecule has 2 aromatic heterocycles. The molecule has 2 aromatic rings. The molecule has 9 heteroatoms. The molecule has 144 valence electrons. The summed E-state index contributed by atoms with van der Waals surface area (Å²) in [6, 6.07) is 0. The summed E-state index contributed by atoms with van der Waals surface area (Å²) in [7, 11) is 1.54. The summed E-state index contributed by atoms with van der Waals surface area (Å²) in [5.74, 6) is -2.34. The van der Waals surface area contributed by atoms with Crippen LogP contribution < -0.4 is 5.32 Å². The van der Waals surface area contributed by atoms with Crippen LogP contribution in [-0.2, 0) is 24.6 Å². The highest BCUT2D eigenvalue weighted by atomic mass is 32.1. The summed E-state index contributed by atoms with van der Waals surface area (Å²) in [4.78, 5) is 37.6. The summed E-state index contributed by atoms with van der Waals surface area (Å²) in [5, 5.41) is 16.2. The van der Waals surface area contributed by atoms with E-state index < -0.39 is 17.8 Å². The van der Waals surface area contributed by atoms with Gasteiger partial charge in [-0.15, -0.1) is 11.3 Å². The zero-order valence-electron chi connectivity index (χ0n) is 15.2. The quantitative estimate of drug-likeness (QED) is 0.733. The third kappa shape index (κ3) is 3.87. The highest BCUT2D eigenvalue weighted by molar-refractivity contribution is 7.17. The molecule has 27 heavy (non-hydrogen) atoms. The molecule has 1 aliphatic carbocycles. The van der Waals surface area contributed by atoms with E-state index in [9.17, 15) is 19.5 Å². The minimum Gasteiger partial charge on any atom is -0.476 e. The van der Waals surface area contributed by atoms with Gasteiger partial charge in [0.1, 0.15) is 5.00 Å². The number of hydrogen-bond acceptors (Lipinski definition) is 6. The topological polar surface area (TPSA) is 111 Å². The molecule has 0 aliphatic heterocycles. The minimum atomic E-state index is -1.28. The number of aromatic nitrogens is 2. The lowest BCUT2D eigenvalue weighted by molar-refractivity contribution is 0.0505. The second-order valence-corrected chi connectivity index (χ2v) is 7.48. The first-order valence-electron chi connectivity index (χ1n) is 8.82. The summed E-state index contributed by atoms with van der Waals surface area (Å²) in [5.41, 5.74) is 0.959. The number of anilines is 1. The molecular weight excluding hydrogens is 370 g/mol. The van der Waals surface area contributed by atoms with Crippen molar-refractivity contribution in [3.05, 3.63) is 33.5 Å². The predicted molar refractivity (Wildman–Crippen MR) is 99.7 cm³/mol. The molecule has 0 spiro atoms. The van der Waals surface area contributed by atoms with Crippen LogP contribution in [0.25, 0.3) is 0 Å². The second kappa shape index (κ2) is 7.91. The molecular formula is C18H21N3O5S. The van der Waals surface area contributed by atoms with E-state index in [-0.39, 0.29) is 11.3 Å². The number of aryl methyl sites for hydroxylation is 2. The molecule has 0 radical (unpaired) electrons. The van der Waals surface area contributed by atoms with E-state index in [1.54, 1.807) is 7.05 Å². The number of ether oxygens (including phenoxy) is 1. The SMILES string of the molecule is CCCOC(=O)c1c(NC(=O)c2cn(C)nc2C(=O)O)sc2c1CCCC2. The molecule has 8 nitrogen and oxygen atoms in total. The fourth-order valence-electron chi connectivity index (χ4n) is 3.12. The van der Waals surface area contributed by atoms with Crippen LogP contribution in [0.2, 0.25) is 0 Å². The average molecular weight is 391 g/mol. The average Bonchev–Trinajstić information content (AvgIpc) is 3.20. The highest BCUT2D eigenvalue weighted by Gasteiger charge is 2.29. The lowest BCUT2D eigenvalue weighted by atomic mass is 9.95. The maximum absolute atomic E-state index is 12.7. The molecule has 0 aromatic carbocycles. The molecule has 0 saturated carbocycles. The third-order valence-corrected chi connectivity index (χ3v) is 5.52. The number of hydrogen-bond donors (Lipinski definition) is 2. The van der Waals surface area contributed by atoms with Crippen molar-refractivity contribution in [2.75, 3.05) is 11.9 Å². The van der Waals surface area contributed by atoms with Gasteiger partial charge < -0.3 is 15.2 Å². The van der Waals surface area contributed by atoms with Gasteiger partial charge >= 0.3 is 11.9 Å². The molecule has 0 saturated heterocycles. The van der Waals surface area contributed by atoms with E-state index in [1.807, 2.05) is 6.92 Å². The Bertz CT molecular complexity index is 899. The Labute approximate surface area is 160 Å². The molecule has 0 bridgehead atoms. The van der Waals surface area contributed by atoms with Gasteiger partial charge in [-0.2, -0.15) is 5.10 Å². The van der Waals surface area contributed by atoms with Crippen LogP contribution in [0, 0.1) is 0 Å². The minimum absolute atomic E-state index is 0.0516. The van der Waals surface area contributed by atoms with Crippen LogP contribution in [0.1, 0.15) is 67.8 Å². The van der Waals surface area contributed by atoms with Crippen molar-refractivity contribution in [3.8, 4) is 0 Å². The van der Waals surface area contributed by atoms with Crippen molar-refractivity contribution < 1.29 is 24.2 Å². The standard InChI is InChI=1S/C18H21N3O5S/c1-3-8-26-18(25)13-10-6-4-5-7-12(10)27-16(13)19-15(22)11-9-21(2)20-14(11)17(23)24/h9H,3-8H2,1-2H3,(H,19,22)(H,23,24). The van der Waals surface area contributed by atoms with Crippen molar-refractivity contribution in [1.82, 2.24) is 9.78 Å². The number of esters is 1. The number of nitrogens with zero attached hydrogens (tertiary/aromatic N) is 2. The van der Waals surface area contributed by atoms with Crippen LogP contribution in [0.3, 0.4) is 0 Å². The van der Waals surface area contributed by atoms with Gasteiger partial charge in [-0.3, -0.25) is 9.48 Å². The number of amides is 1. The van der Waals surface area contributed by atoms with Gasteiger partial charge in [0.15, 0.2) is 5.69 Å². The van der Waals surface area contributed by atoms with Crippen LogP contribution >= 0.6 is 11.3 Å². The van der Waals surface area contributed by atoms with Gasteiger partial charge in [0.05, 0.1) is 17.7 Å². The van der Waals surface area contributed by atoms with E-state index in [2.05, 4.69) is 10.4 Å². The largest absolute Gasteiger partial charge is 0.476 e. The Morgan fingerprint density at radius 1 is 1.33 bits per heavy atom. The first kappa shape index (κ1) is 19.1. The molecule has 0 fully saturated rings. The first-order chi connectivity index (χ1) is 12.9. The molecule has 2 N–H and O–H groups in total. The van der Waals surface area contributed by atoms with Gasteiger partial charge in [0.2, 0.25) is 0 Å². The number of fused-ring (bicyclic) bond motifs is 1. The lowest BCUT2D eigenvalue weighted by Crippen LogP contribution is -2.17. The molecule has 2 heterocycles. The van der Waals surface area contributed by atoms with Gasteiger partial charge in [0, 0.05) is 18.1 Å². The third-order valence-electron chi connectivity index (χ3n) is 4.32. The Morgan fingerprint density at radius 3 is 2.78 bits per heavy atom. The first-order valence-corrected chi connectivity index (χ1v) is 9.64. The van der Waals surface area contributed by atoms with E-state index in [4.69, 9.17) is 4.74 Å². The van der Waals surface area contributed by atoms with Gasteiger partial charge in [-0.25, -0.2) is 9.59 Å². The lowest BCUT2D eigenvalue weighted by Gasteiger charge is -2.12. The Kier molecular flexibility index (Phi) is 5.59. The summed E-state index contributed by atoms with van der Waals surface area (Å²) >= 11 is 1.36. The number of thiophene rings is 1. The number of carbonyl (C=O) groups excluding carboxylic acids is 2. The molecule has 0 atom stereocenters. The predicted octanol–water partition coefficient (Wildman–Crippen LogP) is 2.88. The van der Waals surface area contributed by atoms with Gasteiger partial charge in [-0.05, 0) is 37.7 Å². The molecule has 1 amide bonds. The normalized spacial score (nSPS) is 13.1. The summed E-state index contributed by atoms with van der Waals surface area (Å²) < 4.78 is 6.57. The fraction of sp³-hybridized carbons (Fsp3) is 0.444. The number of rotatable bonds is 6. The number of carboxylic acids is 1. The van der Waals surface area contributed by atoms with E-state index >= 15 is 0 Å². The van der Waals surface area contributed by atoms with E-state index in [0.29, 0.717) is 23.6 Å². The fourth-order valence-corrected chi connectivity index (χ4v) is 4.39. The second-order valence-electron chi connectivity index (χ2n) is 6.38. The van der Waals surface area contributed by atoms with Crippen molar-refractivity contribution in [1.29, 1.82) is 0 Å². The zero-order valence-corrected chi connectivity index (χ0v) is 16.0. The Morgan fingerprint density at radius 2 is 2.07 bits per heavy atom. The van der Waals surface area contributed by atoms with Gasteiger partial charge in [-0.1, -0.05) is 6.92 Å². The Hall–Kier alpha value is -2.68. The number of carboxylic acid groups (broad SMARTS) is 1. The Balaban J connectivity index is 1.94. The number of nitrogens with one attached hydrogen (secondary N) is 1. The van der Waals surface area contributed by atoms with Crippen molar-refractivity contribution in [2.24, 2.45) is 7.05 Å². The zero-order chi connectivity index (χ0) is 19.6. The molecule has 0 unspecified atom stereocenters. The number of carbonyl (C=O) groups is 3. The number of aromatic carboxylic acids is 1.